The van der Waals surface area contributed by atoms with Crippen molar-refractivity contribution >= 4 is 40.8 Å². The zero-order valence-electron chi connectivity index (χ0n) is 16.9. The molecule has 0 unspecified atom stereocenters. The molecule has 156 valence electrons. The van der Waals surface area contributed by atoms with Crippen LogP contribution in [0.4, 0.5) is 11.4 Å². The van der Waals surface area contributed by atoms with Crippen LogP contribution in [0, 0.1) is 0 Å². The Hall–Kier alpha value is -3.12. The molecule has 0 bridgehead atoms. The Bertz CT molecular complexity index is 999. The van der Waals surface area contributed by atoms with E-state index in [1.165, 1.54) is 12.1 Å². The summed E-state index contributed by atoms with van der Waals surface area (Å²) in [4.78, 5) is 39.2. The van der Waals surface area contributed by atoms with Gasteiger partial charge in [-0.05, 0) is 42.7 Å². The number of carbonyl (C=O) groups is 3. The smallest absolute Gasteiger partial charge is 0.340 e. The predicted octanol–water partition coefficient (Wildman–Crippen LogP) is 4.64. The lowest BCUT2D eigenvalue weighted by atomic mass is 10.1. The molecule has 0 saturated heterocycles. The summed E-state index contributed by atoms with van der Waals surface area (Å²) in [6.07, 6.45) is 2.50. The molecule has 7 heteroatoms. The number of ether oxygens (including phenoxy) is 1. The molecule has 0 saturated carbocycles. The molecule has 0 spiro atoms. The average Bonchev–Trinajstić information content (AvgIpc) is 2.97. The molecule has 1 aliphatic rings. The first-order valence-electron chi connectivity index (χ1n) is 9.88. The number of rotatable bonds is 8. The third kappa shape index (κ3) is 4.39. The summed E-state index contributed by atoms with van der Waals surface area (Å²) < 4.78 is 5.26. The van der Waals surface area contributed by atoms with Crippen molar-refractivity contribution in [2.75, 3.05) is 16.8 Å². The maximum Gasteiger partial charge on any atom is 0.340 e. The molecule has 0 atom stereocenters. The van der Waals surface area contributed by atoms with Crippen molar-refractivity contribution in [1.82, 2.24) is 0 Å². The highest BCUT2D eigenvalue weighted by atomic mass is 35.5. The van der Waals surface area contributed by atoms with Gasteiger partial charge in [-0.1, -0.05) is 56.1 Å². The second-order valence-electron chi connectivity index (χ2n) is 6.82. The van der Waals surface area contributed by atoms with Crippen molar-refractivity contribution in [1.29, 1.82) is 0 Å². The number of benzene rings is 2. The fraction of sp³-hybridized carbons (Fsp3) is 0.261. The summed E-state index contributed by atoms with van der Waals surface area (Å²) in [5.41, 5.74) is 2.03. The molecule has 2 aromatic rings. The summed E-state index contributed by atoms with van der Waals surface area (Å²) in [5, 5.41) is 2.70. The van der Waals surface area contributed by atoms with Gasteiger partial charge < -0.3 is 10.1 Å². The van der Waals surface area contributed by atoms with Gasteiger partial charge in [0, 0.05) is 5.69 Å². The number of unbranched alkanes of at least 4 members (excludes halogenated alkanes) is 1. The number of hydrogen-bond donors (Lipinski definition) is 1. The van der Waals surface area contributed by atoms with Crippen LogP contribution in [0.2, 0.25) is 0 Å². The largest absolute Gasteiger partial charge is 0.462 e. The number of amides is 2. The third-order valence-electron chi connectivity index (χ3n) is 4.75. The molecular formula is C23H23ClN2O4. The van der Waals surface area contributed by atoms with E-state index in [4.69, 9.17) is 16.3 Å². The van der Waals surface area contributed by atoms with Gasteiger partial charge in [-0.25, -0.2) is 9.69 Å². The normalized spacial score (nSPS) is 13.8. The molecule has 0 aromatic heterocycles. The first kappa shape index (κ1) is 21.6. The van der Waals surface area contributed by atoms with Gasteiger partial charge in [0.2, 0.25) is 0 Å². The van der Waals surface area contributed by atoms with Gasteiger partial charge in [0.15, 0.2) is 0 Å². The Labute approximate surface area is 180 Å². The Morgan fingerprint density at radius 3 is 2.40 bits per heavy atom. The van der Waals surface area contributed by atoms with E-state index in [-0.39, 0.29) is 28.6 Å². The van der Waals surface area contributed by atoms with Crippen LogP contribution in [0.15, 0.2) is 59.3 Å². The van der Waals surface area contributed by atoms with Crippen molar-refractivity contribution in [3.05, 3.63) is 70.4 Å². The quantitative estimate of drug-likeness (QED) is 0.378. The van der Waals surface area contributed by atoms with Crippen LogP contribution in [0.3, 0.4) is 0 Å². The van der Waals surface area contributed by atoms with Crippen LogP contribution in [0.1, 0.15) is 42.6 Å². The fourth-order valence-electron chi connectivity index (χ4n) is 3.03. The van der Waals surface area contributed by atoms with Gasteiger partial charge in [0.1, 0.15) is 10.7 Å². The van der Waals surface area contributed by atoms with Gasteiger partial charge in [0.05, 0.1) is 17.9 Å². The molecular weight excluding hydrogens is 404 g/mol. The van der Waals surface area contributed by atoms with Crippen LogP contribution in [0.5, 0.6) is 0 Å². The van der Waals surface area contributed by atoms with Crippen molar-refractivity contribution in [3.8, 4) is 0 Å². The number of halogens is 1. The molecule has 2 amide bonds. The lowest BCUT2D eigenvalue weighted by Crippen LogP contribution is -2.33. The Balaban J connectivity index is 1.86. The molecule has 2 aromatic carbocycles. The van der Waals surface area contributed by atoms with Crippen LogP contribution in [0.25, 0.3) is 0 Å². The highest BCUT2D eigenvalue weighted by molar-refractivity contribution is 6.53. The second-order valence-corrected chi connectivity index (χ2v) is 7.19. The number of anilines is 2. The molecule has 0 aliphatic carbocycles. The van der Waals surface area contributed by atoms with Crippen LogP contribution < -0.4 is 10.2 Å². The summed E-state index contributed by atoms with van der Waals surface area (Å²) in [7, 11) is 0. The molecule has 30 heavy (non-hydrogen) atoms. The number of nitrogens with one attached hydrogen (secondary N) is 1. The van der Waals surface area contributed by atoms with Gasteiger partial charge in [0.25, 0.3) is 11.8 Å². The van der Waals surface area contributed by atoms with Crippen molar-refractivity contribution in [3.63, 3.8) is 0 Å². The van der Waals surface area contributed by atoms with Crippen molar-refractivity contribution in [2.45, 2.75) is 33.1 Å². The average molecular weight is 427 g/mol. The minimum atomic E-state index is -0.692. The molecule has 1 N–H and O–H groups in total. The summed E-state index contributed by atoms with van der Waals surface area (Å²) in [5.74, 6) is -1.91. The van der Waals surface area contributed by atoms with Crippen molar-refractivity contribution in [2.24, 2.45) is 0 Å². The number of para-hydroxylation sites is 1. The van der Waals surface area contributed by atoms with E-state index in [1.54, 1.807) is 12.1 Å². The Morgan fingerprint density at radius 2 is 1.73 bits per heavy atom. The number of esters is 1. The molecule has 1 heterocycles. The summed E-state index contributed by atoms with van der Waals surface area (Å²) in [6.45, 7) is 4.30. The number of imide groups is 1. The van der Waals surface area contributed by atoms with E-state index >= 15 is 0 Å². The minimum absolute atomic E-state index is 0.0277. The summed E-state index contributed by atoms with van der Waals surface area (Å²) >= 11 is 6.20. The first-order chi connectivity index (χ1) is 14.5. The van der Waals surface area contributed by atoms with E-state index in [0.29, 0.717) is 5.69 Å². The van der Waals surface area contributed by atoms with Gasteiger partial charge in [-0.2, -0.15) is 0 Å². The lowest BCUT2D eigenvalue weighted by molar-refractivity contribution is -0.120. The maximum absolute atomic E-state index is 13.0. The summed E-state index contributed by atoms with van der Waals surface area (Å²) in [6, 6.07) is 13.8. The fourth-order valence-corrected chi connectivity index (χ4v) is 3.24. The molecule has 3 rings (SSSR count). The van der Waals surface area contributed by atoms with Gasteiger partial charge in [-0.3, -0.25) is 9.59 Å². The topological polar surface area (TPSA) is 75.7 Å². The van der Waals surface area contributed by atoms with Crippen LogP contribution >= 0.6 is 11.6 Å². The van der Waals surface area contributed by atoms with Crippen molar-refractivity contribution < 1.29 is 19.1 Å². The standard InChI is InChI=1S/C23H23ClN2O4/c1-3-5-14-30-23(29)17-8-6-7-9-18(17)26-21(27)19(24)20(22(26)28)25-16-12-10-15(4-2)11-13-16/h6-13,25H,3-5,14H2,1-2H3. The van der Waals surface area contributed by atoms with E-state index < -0.39 is 17.8 Å². The van der Waals surface area contributed by atoms with Crippen LogP contribution in [-0.2, 0) is 20.7 Å². The molecule has 0 radical (unpaired) electrons. The second kappa shape index (κ2) is 9.59. The van der Waals surface area contributed by atoms with E-state index in [0.717, 1.165) is 29.7 Å². The number of carbonyl (C=O) groups excluding carboxylic acids is 3. The Morgan fingerprint density at radius 1 is 1.03 bits per heavy atom. The zero-order chi connectivity index (χ0) is 21.7. The first-order valence-corrected chi connectivity index (χ1v) is 10.3. The number of nitrogens with zero attached hydrogens (tertiary/aromatic N) is 1. The SMILES string of the molecule is CCCCOC(=O)c1ccccc1N1C(=O)C(Cl)=C(Nc2ccc(CC)cc2)C1=O. The van der Waals surface area contributed by atoms with E-state index in [1.807, 2.05) is 38.1 Å². The maximum atomic E-state index is 13.0. The zero-order valence-corrected chi connectivity index (χ0v) is 17.7. The van der Waals surface area contributed by atoms with Gasteiger partial charge in [-0.15, -0.1) is 0 Å². The highest BCUT2D eigenvalue weighted by Crippen LogP contribution is 2.32. The highest BCUT2D eigenvalue weighted by Gasteiger charge is 2.40. The number of aryl methyl sites for hydroxylation is 1. The number of hydrogen-bond acceptors (Lipinski definition) is 5. The third-order valence-corrected chi connectivity index (χ3v) is 5.11. The monoisotopic (exact) mass is 426 g/mol. The molecule has 0 fully saturated rings. The Kier molecular flexibility index (Phi) is 6.90. The van der Waals surface area contributed by atoms with Crippen LogP contribution in [-0.4, -0.2) is 24.4 Å². The molecule has 6 nitrogen and oxygen atoms in total. The van der Waals surface area contributed by atoms with E-state index in [2.05, 4.69) is 5.32 Å². The van der Waals surface area contributed by atoms with E-state index in [9.17, 15) is 14.4 Å². The minimum Gasteiger partial charge on any atom is -0.462 e. The lowest BCUT2D eigenvalue weighted by Gasteiger charge is -2.18. The van der Waals surface area contributed by atoms with Gasteiger partial charge >= 0.3 is 5.97 Å². The predicted molar refractivity (Wildman–Crippen MR) is 116 cm³/mol. The molecule has 1 aliphatic heterocycles.